The van der Waals surface area contributed by atoms with Gasteiger partial charge in [0.2, 0.25) is 5.91 Å². The van der Waals surface area contributed by atoms with E-state index in [-0.39, 0.29) is 11.8 Å². The number of hydrogen-bond donors (Lipinski definition) is 3. The normalized spacial score (nSPS) is 10.3. The Morgan fingerprint density at radius 3 is 2.27 bits per heavy atom. The van der Waals surface area contributed by atoms with E-state index in [1.165, 1.54) is 0 Å². The third-order valence-corrected chi connectivity index (χ3v) is 3.40. The zero-order valence-electron chi connectivity index (χ0n) is 13.4. The van der Waals surface area contributed by atoms with Gasteiger partial charge < -0.3 is 16.4 Å². The van der Waals surface area contributed by atoms with Crippen LogP contribution in [0.4, 0.5) is 0 Å². The second-order valence-electron chi connectivity index (χ2n) is 5.42. The smallest absolute Gasteiger partial charge is 0.251 e. The van der Waals surface area contributed by atoms with Gasteiger partial charge >= 0.3 is 0 Å². The second-order valence-corrected chi connectivity index (χ2v) is 5.42. The summed E-state index contributed by atoms with van der Waals surface area (Å²) in [6.07, 6.45) is 4.57. The number of carbonyl (C=O) groups is 2. The lowest BCUT2D eigenvalue weighted by molar-refractivity contribution is -0.121. The van der Waals surface area contributed by atoms with Crippen LogP contribution in [0.2, 0.25) is 0 Å². The molecule has 1 aromatic rings. The Balaban J connectivity index is 2.08. The van der Waals surface area contributed by atoms with Gasteiger partial charge in [-0.15, -0.1) is 0 Å². The van der Waals surface area contributed by atoms with E-state index in [9.17, 15) is 9.59 Å². The number of amides is 2. The number of nitrogens with two attached hydrogens (primary N) is 1. The van der Waals surface area contributed by atoms with Crippen LogP contribution in [0.5, 0.6) is 0 Å². The van der Waals surface area contributed by atoms with Crippen molar-refractivity contribution in [2.75, 3.05) is 19.6 Å². The van der Waals surface area contributed by atoms with Crippen molar-refractivity contribution >= 4 is 11.8 Å². The van der Waals surface area contributed by atoms with E-state index in [0.29, 0.717) is 31.6 Å². The summed E-state index contributed by atoms with van der Waals surface area (Å²) in [5, 5.41) is 5.60. The fraction of sp³-hybridized carbons (Fsp3) is 0.529. The highest BCUT2D eigenvalue weighted by Crippen LogP contribution is 2.03. The molecular weight excluding hydrogens is 278 g/mol. The van der Waals surface area contributed by atoms with Crippen LogP contribution in [0.3, 0.4) is 0 Å². The van der Waals surface area contributed by atoms with E-state index in [1.807, 2.05) is 19.1 Å². The molecule has 4 N–H and O–H groups in total. The standard InChI is InChI=1S/C17H27N3O2/c1-14-7-9-15(10-8-14)17(22)20-13-12-19-16(21)6-4-2-3-5-11-18/h7-10H,2-6,11-13,18H2,1H3,(H,19,21)(H,20,22). The number of carbonyl (C=O) groups excluding carboxylic acids is 2. The van der Waals surface area contributed by atoms with Crippen molar-refractivity contribution in [3.8, 4) is 0 Å². The first-order valence-corrected chi connectivity index (χ1v) is 7.95. The predicted octanol–water partition coefficient (Wildman–Crippen LogP) is 1.75. The van der Waals surface area contributed by atoms with Gasteiger partial charge in [0.1, 0.15) is 0 Å². The number of nitrogens with one attached hydrogen (secondary N) is 2. The van der Waals surface area contributed by atoms with Gasteiger partial charge in [-0.3, -0.25) is 9.59 Å². The molecule has 2 amide bonds. The zero-order valence-corrected chi connectivity index (χ0v) is 13.4. The van der Waals surface area contributed by atoms with Gasteiger partial charge in [0.05, 0.1) is 0 Å². The van der Waals surface area contributed by atoms with E-state index < -0.39 is 0 Å². The zero-order chi connectivity index (χ0) is 16.2. The van der Waals surface area contributed by atoms with Crippen molar-refractivity contribution in [1.82, 2.24) is 10.6 Å². The minimum Gasteiger partial charge on any atom is -0.354 e. The first-order valence-electron chi connectivity index (χ1n) is 7.95. The number of benzene rings is 1. The van der Waals surface area contributed by atoms with E-state index in [1.54, 1.807) is 12.1 Å². The number of hydrogen-bond acceptors (Lipinski definition) is 3. The molecule has 0 fully saturated rings. The fourth-order valence-electron chi connectivity index (χ4n) is 2.06. The third-order valence-electron chi connectivity index (χ3n) is 3.40. The first-order chi connectivity index (χ1) is 10.6. The fourth-order valence-corrected chi connectivity index (χ4v) is 2.06. The van der Waals surface area contributed by atoms with Crippen molar-refractivity contribution in [2.24, 2.45) is 5.73 Å². The van der Waals surface area contributed by atoms with Gasteiger partial charge in [0.25, 0.3) is 5.91 Å². The van der Waals surface area contributed by atoms with Crippen LogP contribution in [0.15, 0.2) is 24.3 Å². The largest absolute Gasteiger partial charge is 0.354 e. The van der Waals surface area contributed by atoms with Crippen molar-refractivity contribution < 1.29 is 9.59 Å². The molecule has 0 bridgehead atoms. The van der Waals surface area contributed by atoms with Crippen LogP contribution >= 0.6 is 0 Å². The summed E-state index contributed by atoms with van der Waals surface area (Å²) in [4.78, 5) is 23.4. The minimum absolute atomic E-state index is 0.0392. The van der Waals surface area contributed by atoms with Crippen LogP contribution in [0, 0.1) is 6.92 Å². The molecule has 0 aromatic heterocycles. The highest BCUT2D eigenvalue weighted by molar-refractivity contribution is 5.94. The molecule has 1 aromatic carbocycles. The van der Waals surface area contributed by atoms with Crippen molar-refractivity contribution in [3.05, 3.63) is 35.4 Å². The topological polar surface area (TPSA) is 84.2 Å². The Morgan fingerprint density at radius 2 is 1.59 bits per heavy atom. The molecule has 0 aliphatic carbocycles. The Morgan fingerprint density at radius 1 is 0.955 bits per heavy atom. The highest BCUT2D eigenvalue weighted by Gasteiger charge is 2.04. The average molecular weight is 305 g/mol. The molecule has 22 heavy (non-hydrogen) atoms. The summed E-state index contributed by atoms with van der Waals surface area (Å²) in [7, 11) is 0. The summed E-state index contributed by atoms with van der Waals surface area (Å²) in [5.74, 6) is -0.0756. The van der Waals surface area contributed by atoms with Crippen LogP contribution in [-0.2, 0) is 4.79 Å². The van der Waals surface area contributed by atoms with Gasteiger partial charge in [-0.05, 0) is 38.4 Å². The van der Waals surface area contributed by atoms with Gasteiger partial charge in [0, 0.05) is 25.1 Å². The van der Waals surface area contributed by atoms with Crippen LogP contribution < -0.4 is 16.4 Å². The third kappa shape index (κ3) is 7.78. The van der Waals surface area contributed by atoms with Crippen LogP contribution in [-0.4, -0.2) is 31.4 Å². The van der Waals surface area contributed by atoms with E-state index in [0.717, 1.165) is 31.2 Å². The van der Waals surface area contributed by atoms with Gasteiger partial charge in [0.15, 0.2) is 0 Å². The summed E-state index contributed by atoms with van der Waals surface area (Å²) < 4.78 is 0. The van der Waals surface area contributed by atoms with Crippen molar-refractivity contribution in [2.45, 2.75) is 39.0 Å². The average Bonchev–Trinajstić information content (AvgIpc) is 2.52. The molecule has 5 heteroatoms. The summed E-state index contributed by atoms with van der Waals surface area (Å²) in [5.41, 5.74) is 7.17. The molecule has 122 valence electrons. The lowest BCUT2D eigenvalue weighted by atomic mass is 10.1. The summed E-state index contributed by atoms with van der Waals surface area (Å²) in [6, 6.07) is 7.40. The number of rotatable bonds is 10. The molecule has 0 aliphatic rings. The van der Waals surface area contributed by atoms with Gasteiger partial charge in [-0.2, -0.15) is 0 Å². The maximum Gasteiger partial charge on any atom is 0.251 e. The van der Waals surface area contributed by atoms with Crippen LogP contribution in [0.25, 0.3) is 0 Å². The second kappa shape index (κ2) is 10.8. The Bertz CT molecular complexity index is 457. The summed E-state index contributed by atoms with van der Waals surface area (Å²) >= 11 is 0. The molecule has 0 heterocycles. The van der Waals surface area contributed by atoms with E-state index in [4.69, 9.17) is 5.73 Å². The van der Waals surface area contributed by atoms with Gasteiger partial charge in [-0.1, -0.05) is 30.5 Å². The molecule has 0 aliphatic heterocycles. The lowest BCUT2D eigenvalue weighted by Crippen LogP contribution is -2.34. The van der Waals surface area contributed by atoms with Crippen LogP contribution in [0.1, 0.15) is 48.0 Å². The van der Waals surface area contributed by atoms with Crippen molar-refractivity contribution in [1.29, 1.82) is 0 Å². The SMILES string of the molecule is Cc1ccc(C(=O)NCCNC(=O)CCCCCCN)cc1. The number of aryl methyl sites for hydroxylation is 1. The number of unbranched alkanes of at least 4 members (excludes halogenated alkanes) is 3. The quantitative estimate of drug-likeness (QED) is 0.576. The van der Waals surface area contributed by atoms with E-state index in [2.05, 4.69) is 10.6 Å². The molecule has 0 radical (unpaired) electrons. The molecule has 1 rings (SSSR count). The molecule has 0 saturated carbocycles. The molecular formula is C17H27N3O2. The minimum atomic E-state index is -0.115. The Hall–Kier alpha value is -1.88. The highest BCUT2D eigenvalue weighted by atomic mass is 16.2. The predicted molar refractivity (Wildman–Crippen MR) is 88.7 cm³/mol. The monoisotopic (exact) mass is 305 g/mol. The van der Waals surface area contributed by atoms with Crippen molar-refractivity contribution in [3.63, 3.8) is 0 Å². The molecule has 5 nitrogen and oxygen atoms in total. The Labute approximate surface area is 132 Å². The molecule has 0 unspecified atom stereocenters. The first kappa shape index (κ1) is 18.2. The molecule has 0 atom stereocenters. The maximum atomic E-state index is 11.8. The lowest BCUT2D eigenvalue weighted by Gasteiger charge is -2.07. The van der Waals surface area contributed by atoms with Gasteiger partial charge in [-0.25, -0.2) is 0 Å². The Kier molecular flexibility index (Phi) is 8.91. The van der Waals surface area contributed by atoms with E-state index >= 15 is 0 Å². The maximum absolute atomic E-state index is 11.8. The molecule has 0 saturated heterocycles. The summed E-state index contributed by atoms with van der Waals surface area (Å²) in [6.45, 7) is 3.59. The molecule has 0 spiro atoms.